The molecule has 33 heavy (non-hydrogen) atoms. The van der Waals surface area contributed by atoms with Gasteiger partial charge in [0.15, 0.2) is 0 Å². The molecule has 0 heterocycles. The Morgan fingerprint density at radius 1 is 1.12 bits per heavy atom. The van der Waals surface area contributed by atoms with E-state index in [0.717, 1.165) is 48.9 Å². The molecule has 190 valence electrons. The van der Waals surface area contributed by atoms with Gasteiger partial charge in [-0.2, -0.15) is 0 Å². The molecule has 0 amide bonds. The Hall–Kier alpha value is -0.380. The Balaban J connectivity index is 1.54. The van der Waals surface area contributed by atoms with E-state index in [-0.39, 0.29) is 23.9 Å². The number of aliphatic hydroxyl groups is 1. The van der Waals surface area contributed by atoms with Crippen LogP contribution in [0.15, 0.2) is 11.6 Å². The first-order valence-electron chi connectivity index (χ1n) is 14.4. The van der Waals surface area contributed by atoms with Crippen molar-refractivity contribution < 1.29 is 9.84 Å². The van der Waals surface area contributed by atoms with Gasteiger partial charge < -0.3 is 15.6 Å². The summed E-state index contributed by atoms with van der Waals surface area (Å²) < 4.78 is 6.47. The zero-order chi connectivity index (χ0) is 24.0. The maximum atomic E-state index is 10.6. The van der Waals surface area contributed by atoms with Crippen LogP contribution in [-0.2, 0) is 4.74 Å². The summed E-state index contributed by atoms with van der Waals surface area (Å²) in [6.45, 7) is 14.5. The fourth-order valence-electron chi connectivity index (χ4n) is 9.20. The molecule has 3 nitrogen and oxygen atoms in total. The fourth-order valence-corrected chi connectivity index (χ4v) is 9.20. The van der Waals surface area contributed by atoms with Crippen LogP contribution in [-0.4, -0.2) is 23.5 Å². The van der Waals surface area contributed by atoms with Crippen molar-refractivity contribution in [2.75, 3.05) is 0 Å². The summed E-state index contributed by atoms with van der Waals surface area (Å²) in [7, 11) is 0. The van der Waals surface area contributed by atoms with Crippen LogP contribution >= 0.6 is 0 Å². The zero-order valence-electron chi connectivity index (χ0n) is 22.5. The smallest absolute Gasteiger partial charge is 0.105 e. The summed E-state index contributed by atoms with van der Waals surface area (Å²) in [5.74, 6) is 4.85. The van der Waals surface area contributed by atoms with Crippen molar-refractivity contribution >= 4 is 0 Å². The SMILES string of the molecule is CCC(N)OC1C[C@@H](O)CC2=CC[C@H]3[C@@H]4CC[C@H]([C@H](C)CCCC(C)C)[C@@]4(C)CC[C@@H]3[C@]21C. The molecule has 3 saturated carbocycles. The Morgan fingerprint density at radius 2 is 1.88 bits per heavy atom. The second-order valence-electron chi connectivity index (χ2n) is 13.3. The van der Waals surface area contributed by atoms with E-state index >= 15 is 0 Å². The van der Waals surface area contributed by atoms with Crippen LogP contribution < -0.4 is 5.73 Å². The Kier molecular flexibility index (Phi) is 7.74. The van der Waals surface area contributed by atoms with E-state index in [2.05, 4.69) is 47.6 Å². The lowest BCUT2D eigenvalue weighted by molar-refractivity contribution is -0.149. The predicted molar refractivity (Wildman–Crippen MR) is 138 cm³/mol. The molecule has 4 aliphatic carbocycles. The quantitative estimate of drug-likeness (QED) is 0.301. The van der Waals surface area contributed by atoms with Crippen molar-refractivity contribution in [3.63, 3.8) is 0 Å². The minimum absolute atomic E-state index is 0.0389. The first-order chi connectivity index (χ1) is 15.6. The van der Waals surface area contributed by atoms with E-state index in [1.54, 1.807) is 0 Å². The summed E-state index contributed by atoms with van der Waals surface area (Å²) in [5, 5.41) is 10.6. The van der Waals surface area contributed by atoms with E-state index in [9.17, 15) is 5.11 Å². The second kappa shape index (κ2) is 9.94. The normalized spacial score (nSPS) is 44.6. The number of ether oxygens (including phenoxy) is 1. The van der Waals surface area contributed by atoms with E-state index in [1.807, 2.05) is 0 Å². The Morgan fingerprint density at radius 3 is 2.58 bits per heavy atom. The van der Waals surface area contributed by atoms with Gasteiger partial charge in [-0.25, -0.2) is 0 Å². The minimum atomic E-state index is -0.286. The molecule has 4 aliphatic rings. The number of hydrogen-bond acceptors (Lipinski definition) is 3. The maximum Gasteiger partial charge on any atom is 0.105 e. The molecule has 3 heteroatoms. The van der Waals surface area contributed by atoms with Crippen LogP contribution in [0, 0.1) is 46.3 Å². The van der Waals surface area contributed by atoms with Crippen LogP contribution in [0.2, 0.25) is 0 Å². The largest absolute Gasteiger partial charge is 0.393 e. The number of aliphatic hydroxyl groups excluding tert-OH is 1. The van der Waals surface area contributed by atoms with Gasteiger partial charge in [-0.3, -0.25) is 0 Å². The van der Waals surface area contributed by atoms with E-state index in [0.29, 0.717) is 11.3 Å². The van der Waals surface area contributed by atoms with Gasteiger partial charge in [0.1, 0.15) is 6.23 Å². The third-order valence-electron chi connectivity index (χ3n) is 11.1. The van der Waals surface area contributed by atoms with Gasteiger partial charge in [0, 0.05) is 11.8 Å². The molecule has 10 atom stereocenters. The first-order valence-corrected chi connectivity index (χ1v) is 14.4. The number of allylic oxidation sites excluding steroid dienone is 1. The van der Waals surface area contributed by atoms with Crippen molar-refractivity contribution in [1.29, 1.82) is 0 Å². The minimum Gasteiger partial charge on any atom is -0.393 e. The van der Waals surface area contributed by atoms with Crippen molar-refractivity contribution in [3.8, 4) is 0 Å². The van der Waals surface area contributed by atoms with Gasteiger partial charge in [-0.05, 0) is 85.9 Å². The molecule has 0 aromatic carbocycles. The topological polar surface area (TPSA) is 55.5 Å². The molecule has 0 radical (unpaired) electrons. The first kappa shape index (κ1) is 25.7. The fraction of sp³-hybridized carbons (Fsp3) is 0.933. The maximum absolute atomic E-state index is 10.6. The standard InChI is InChI=1S/C30H53NO2/c1-7-28(31)33-27-18-22(32)17-21-11-12-23-25-14-13-24(20(4)10-8-9-19(2)3)29(25,5)16-15-26(23)30(21,27)6/h11,19-20,22-28,32H,7-10,12-18,31H2,1-6H3/t20-,22+,23+,24-,25+,26+,27?,28?,29-,30+/m1/s1. The molecule has 0 aliphatic heterocycles. The lowest BCUT2D eigenvalue weighted by Crippen LogP contribution is -2.57. The van der Waals surface area contributed by atoms with Gasteiger partial charge in [0.05, 0.1) is 12.2 Å². The van der Waals surface area contributed by atoms with Crippen LogP contribution in [0.3, 0.4) is 0 Å². The van der Waals surface area contributed by atoms with Gasteiger partial charge >= 0.3 is 0 Å². The number of fused-ring (bicyclic) bond motifs is 5. The molecule has 3 N–H and O–H groups in total. The molecule has 0 aromatic heterocycles. The highest BCUT2D eigenvalue weighted by Crippen LogP contribution is 2.67. The van der Waals surface area contributed by atoms with Crippen molar-refractivity contribution in [1.82, 2.24) is 0 Å². The van der Waals surface area contributed by atoms with Crippen LogP contribution in [0.1, 0.15) is 112 Å². The molecule has 0 bridgehead atoms. The molecular formula is C30H53NO2. The summed E-state index contributed by atoms with van der Waals surface area (Å²) in [5.41, 5.74) is 8.30. The van der Waals surface area contributed by atoms with Crippen LogP contribution in [0.4, 0.5) is 0 Å². The third kappa shape index (κ3) is 4.60. The highest BCUT2D eigenvalue weighted by molar-refractivity contribution is 5.28. The van der Waals surface area contributed by atoms with Crippen molar-refractivity contribution in [3.05, 3.63) is 11.6 Å². The number of rotatable bonds is 8. The highest BCUT2D eigenvalue weighted by atomic mass is 16.5. The van der Waals surface area contributed by atoms with Gasteiger partial charge in [0.25, 0.3) is 0 Å². The lowest BCUT2D eigenvalue weighted by atomic mass is 9.46. The lowest BCUT2D eigenvalue weighted by Gasteiger charge is -2.60. The van der Waals surface area contributed by atoms with Crippen LogP contribution in [0.5, 0.6) is 0 Å². The third-order valence-corrected chi connectivity index (χ3v) is 11.1. The average molecular weight is 460 g/mol. The summed E-state index contributed by atoms with van der Waals surface area (Å²) in [4.78, 5) is 0. The van der Waals surface area contributed by atoms with Crippen molar-refractivity contribution in [2.24, 2.45) is 52.1 Å². The van der Waals surface area contributed by atoms with E-state index in [1.165, 1.54) is 56.9 Å². The second-order valence-corrected chi connectivity index (χ2v) is 13.3. The summed E-state index contributed by atoms with van der Waals surface area (Å²) in [6, 6.07) is 0. The Labute approximate surface area is 204 Å². The molecule has 0 aromatic rings. The molecule has 3 fully saturated rings. The average Bonchev–Trinajstić information content (AvgIpc) is 3.11. The number of nitrogens with two attached hydrogens (primary N) is 1. The summed E-state index contributed by atoms with van der Waals surface area (Å²) in [6.07, 6.45) is 15.4. The Bertz CT molecular complexity index is 703. The zero-order valence-corrected chi connectivity index (χ0v) is 22.5. The van der Waals surface area contributed by atoms with Gasteiger partial charge in [-0.1, -0.05) is 72.5 Å². The van der Waals surface area contributed by atoms with Crippen LogP contribution in [0.25, 0.3) is 0 Å². The monoisotopic (exact) mass is 459 g/mol. The van der Waals surface area contributed by atoms with Gasteiger partial charge in [0.2, 0.25) is 0 Å². The number of hydrogen-bond donors (Lipinski definition) is 2. The molecular weight excluding hydrogens is 406 g/mol. The molecule has 2 unspecified atom stereocenters. The summed E-state index contributed by atoms with van der Waals surface area (Å²) >= 11 is 0. The van der Waals surface area contributed by atoms with E-state index < -0.39 is 0 Å². The molecule has 0 saturated heterocycles. The van der Waals surface area contributed by atoms with Crippen molar-refractivity contribution in [2.45, 2.75) is 131 Å². The predicted octanol–water partition coefficient (Wildman–Crippen LogP) is 7.08. The molecule has 0 spiro atoms. The van der Waals surface area contributed by atoms with Gasteiger partial charge in [-0.15, -0.1) is 0 Å². The molecule has 4 rings (SSSR count). The highest BCUT2D eigenvalue weighted by Gasteiger charge is 2.61. The van der Waals surface area contributed by atoms with E-state index in [4.69, 9.17) is 10.5 Å².